The zero-order chi connectivity index (χ0) is 23.2. The van der Waals surface area contributed by atoms with E-state index in [1.807, 2.05) is 0 Å². The largest absolute Gasteiger partial charge is 0.496 e. The number of carbonyl (C=O) groups is 3. The smallest absolute Gasteiger partial charge is 0.338 e. The molecule has 0 bridgehead atoms. The van der Waals surface area contributed by atoms with Gasteiger partial charge in [0.25, 0.3) is 0 Å². The Kier molecular flexibility index (Phi) is 6.23. The Bertz CT molecular complexity index is 848. The van der Waals surface area contributed by atoms with Gasteiger partial charge in [-0.05, 0) is 11.6 Å². The molecule has 32 heavy (non-hydrogen) atoms. The van der Waals surface area contributed by atoms with E-state index in [2.05, 4.69) is 0 Å². The van der Waals surface area contributed by atoms with E-state index in [1.54, 1.807) is 6.08 Å². The summed E-state index contributed by atoms with van der Waals surface area (Å²) in [5, 5.41) is 39.0. The number of hydrogen-bond donors (Lipinski definition) is 4. The first kappa shape index (κ1) is 22.7. The molecule has 0 aromatic carbocycles. The van der Waals surface area contributed by atoms with Crippen molar-refractivity contribution in [2.45, 2.75) is 56.3 Å². The Labute approximate surface area is 181 Å². The molecule has 0 aromatic heterocycles. The topological polar surface area (TPSA) is 178 Å². The van der Waals surface area contributed by atoms with Gasteiger partial charge in [-0.3, -0.25) is 9.59 Å². The third-order valence-electron chi connectivity index (χ3n) is 6.06. The Balaban J connectivity index is 1.46. The minimum atomic E-state index is -1.73. The lowest BCUT2D eigenvalue weighted by Gasteiger charge is -2.39. The number of rotatable bonds is 6. The van der Waals surface area contributed by atoms with E-state index in [1.165, 1.54) is 13.2 Å². The number of esters is 3. The van der Waals surface area contributed by atoms with Gasteiger partial charge in [0, 0.05) is 18.8 Å². The first-order valence-corrected chi connectivity index (χ1v) is 10.1. The maximum Gasteiger partial charge on any atom is 0.338 e. The normalized spacial score (nSPS) is 39.9. The van der Waals surface area contributed by atoms with Crippen molar-refractivity contribution in [2.75, 3.05) is 13.2 Å². The average molecular weight is 456 g/mol. The van der Waals surface area contributed by atoms with E-state index in [9.17, 15) is 34.8 Å². The maximum absolute atomic E-state index is 12.6. The summed E-state index contributed by atoms with van der Waals surface area (Å²) in [6.45, 7) is 0.537. The van der Waals surface area contributed by atoms with Crippen LogP contribution in [0, 0.1) is 11.8 Å². The SMILES string of the molecule is CC(=O)OCC1=C[C@@H]2OC(=O)C3=CO[C@@H](CC(=O)O[C@@H]4O[C@H](CO)[C@@H](O)[C@H](O)[C@H]4O)[C@H]1[C@@H]32. The van der Waals surface area contributed by atoms with Crippen molar-refractivity contribution >= 4 is 17.9 Å². The molecular formula is C20H24O12. The van der Waals surface area contributed by atoms with Gasteiger partial charge in [-0.2, -0.15) is 0 Å². The lowest BCUT2D eigenvalue weighted by atomic mass is 9.79. The van der Waals surface area contributed by atoms with Crippen molar-refractivity contribution < 1.29 is 58.5 Å². The van der Waals surface area contributed by atoms with Crippen molar-refractivity contribution in [3.8, 4) is 0 Å². The number of aliphatic hydroxyl groups is 4. The fourth-order valence-corrected chi connectivity index (χ4v) is 4.52. The number of aliphatic hydroxyl groups excluding tert-OH is 4. The molecule has 2 saturated heterocycles. The molecule has 0 spiro atoms. The zero-order valence-corrected chi connectivity index (χ0v) is 17.0. The molecule has 4 N–H and O–H groups in total. The van der Waals surface area contributed by atoms with Crippen LogP contribution >= 0.6 is 0 Å². The van der Waals surface area contributed by atoms with E-state index in [4.69, 9.17) is 23.7 Å². The van der Waals surface area contributed by atoms with Crippen LogP contribution in [0.2, 0.25) is 0 Å². The Morgan fingerprint density at radius 2 is 1.84 bits per heavy atom. The zero-order valence-electron chi connectivity index (χ0n) is 17.0. The van der Waals surface area contributed by atoms with Gasteiger partial charge < -0.3 is 44.1 Å². The van der Waals surface area contributed by atoms with Crippen molar-refractivity contribution in [3.63, 3.8) is 0 Å². The van der Waals surface area contributed by atoms with Crippen molar-refractivity contribution in [3.05, 3.63) is 23.5 Å². The molecule has 0 radical (unpaired) electrons. The lowest BCUT2D eigenvalue weighted by molar-refractivity contribution is -0.293. The molecule has 1 aliphatic carbocycles. The monoisotopic (exact) mass is 456 g/mol. The molecule has 12 heteroatoms. The highest BCUT2D eigenvalue weighted by atomic mass is 16.7. The standard InChI is InChI=1S/C20H24O12/c1-7(22)28-5-8-2-11-15-9(19(27)30-11)6-29-10(14(8)15)3-13(23)32-20-18(26)17(25)16(24)12(4-21)31-20/h2,6,10-12,14-18,20-21,24-26H,3-5H2,1H3/t10-,11-,12+,14-,15-,16+,17-,18+,20-/m0/s1. The van der Waals surface area contributed by atoms with Gasteiger partial charge in [-0.15, -0.1) is 0 Å². The van der Waals surface area contributed by atoms with E-state index >= 15 is 0 Å². The molecule has 0 aromatic rings. The number of hydrogen-bond acceptors (Lipinski definition) is 12. The molecule has 3 aliphatic heterocycles. The fourth-order valence-electron chi connectivity index (χ4n) is 4.52. The Hall–Kier alpha value is -2.51. The summed E-state index contributed by atoms with van der Waals surface area (Å²) in [6.07, 6.45) is -6.58. The molecule has 12 nitrogen and oxygen atoms in total. The minimum Gasteiger partial charge on any atom is -0.496 e. The number of carbonyl (C=O) groups excluding carboxylic acids is 3. The molecule has 0 saturated carbocycles. The highest BCUT2D eigenvalue weighted by Gasteiger charge is 2.55. The third-order valence-corrected chi connectivity index (χ3v) is 6.06. The van der Waals surface area contributed by atoms with Gasteiger partial charge in [0.1, 0.15) is 43.2 Å². The van der Waals surface area contributed by atoms with Crippen LogP contribution in [0.3, 0.4) is 0 Å². The molecule has 9 atom stereocenters. The Morgan fingerprint density at radius 3 is 2.53 bits per heavy atom. The first-order chi connectivity index (χ1) is 15.2. The molecule has 0 unspecified atom stereocenters. The van der Waals surface area contributed by atoms with E-state index in [-0.39, 0.29) is 13.0 Å². The van der Waals surface area contributed by atoms with E-state index in [0.717, 1.165) is 0 Å². The first-order valence-electron chi connectivity index (χ1n) is 10.1. The van der Waals surface area contributed by atoms with Crippen LogP contribution in [0.15, 0.2) is 23.5 Å². The van der Waals surface area contributed by atoms with Crippen molar-refractivity contribution in [1.29, 1.82) is 0 Å². The summed E-state index contributed by atoms with van der Waals surface area (Å²) in [7, 11) is 0. The van der Waals surface area contributed by atoms with Crippen LogP contribution in [0.5, 0.6) is 0 Å². The maximum atomic E-state index is 12.6. The highest BCUT2D eigenvalue weighted by molar-refractivity contribution is 5.92. The van der Waals surface area contributed by atoms with E-state index < -0.39 is 79.3 Å². The summed E-state index contributed by atoms with van der Waals surface area (Å²) < 4.78 is 26.3. The average Bonchev–Trinajstić information content (AvgIpc) is 3.26. The molecule has 4 rings (SSSR count). The van der Waals surface area contributed by atoms with Crippen LogP contribution in [0.25, 0.3) is 0 Å². The molecule has 2 fully saturated rings. The van der Waals surface area contributed by atoms with Crippen LogP contribution in [-0.2, 0) is 38.1 Å². The predicted molar refractivity (Wildman–Crippen MR) is 99.0 cm³/mol. The minimum absolute atomic E-state index is 0.0561. The van der Waals surface area contributed by atoms with E-state index in [0.29, 0.717) is 11.1 Å². The second-order valence-corrected chi connectivity index (χ2v) is 8.08. The molecule has 4 aliphatic rings. The van der Waals surface area contributed by atoms with Gasteiger partial charge in [0.15, 0.2) is 0 Å². The quantitative estimate of drug-likeness (QED) is 0.190. The van der Waals surface area contributed by atoms with Crippen molar-refractivity contribution in [1.82, 2.24) is 0 Å². The fraction of sp³-hybridized carbons (Fsp3) is 0.650. The van der Waals surface area contributed by atoms with Gasteiger partial charge >= 0.3 is 17.9 Å². The van der Waals surface area contributed by atoms with Crippen LogP contribution < -0.4 is 0 Å². The van der Waals surface area contributed by atoms with Gasteiger partial charge in [-0.1, -0.05) is 0 Å². The van der Waals surface area contributed by atoms with Crippen molar-refractivity contribution in [2.24, 2.45) is 11.8 Å². The number of ether oxygens (including phenoxy) is 5. The third kappa shape index (κ3) is 3.99. The summed E-state index contributed by atoms with van der Waals surface area (Å²) in [5.74, 6) is -2.75. The lowest BCUT2D eigenvalue weighted by Crippen LogP contribution is -2.59. The predicted octanol–water partition coefficient (Wildman–Crippen LogP) is -2.34. The second-order valence-electron chi connectivity index (χ2n) is 8.08. The van der Waals surface area contributed by atoms with Crippen LogP contribution in [0.4, 0.5) is 0 Å². The molecule has 3 heterocycles. The summed E-state index contributed by atoms with van der Waals surface area (Å²) in [4.78, 5) is 35.9. The van der Waals surface area contributed by atoms with Gasteiger partial charge in [0.2, 0.25) is 6.29 Å². The van der Waals surface area contributed by atoms with Crippen LogP contribution in [0.1, 0.15) is 13.3 Å². The molecule has 0 amide bonds. The summed E-state index contributed by atoms with van der Waals surface area (Å²) >= 11 is 0. The molecular weight excluding hydrogens is 432 g/mol. The summed E-state index contributed by atoms with van der Waals surface area (Å²) in [6, 6.07) is 0. The second kappa shape index (κ2) is 8.79. The summed E-state index contributed by atoms with van der Waals surface area (Å²) in [5.41, 5.74) is 0.964. The Morgan fingerprint density at radius 1 is 1.09 bits per heavy atom. The highest BCUT2D eigenvalue weighted by Crippen LogP contribution is 2.49. The van der Waals surface area contributed by atoms with Gasteiger partial charge in [0.05, 0.1) is 24.9 Å². The van der Waals surface area contributed by atoms with Crippen LogP contribution in [-0.4, -0.2) is 94.5 Å². The van der Waals surface area contributed by atoms with Gasteiger partial charge in [-0.25, -0.2) is 4.79 Å². The molecule has 176 valence electrons.